The third kappa shape index (κ3) is 3.23. The molecular formula is C17H21NO5. The molecule has 1 fully saturated rings. The van der Waals surface area contributed by atoms with Gasteiger partial charge >= 0.3 is 0 Å². The predicted molar refractivity (Wildman–Crippen MR) is 84.6 cm³/mol. The minimum Gasteiger partial charge on any atom is -0.391 e. The van der Waals surface area contributed by atoms with Gasteiger partial charge in [-0.05, 0) is 22.4 Å². The van der Waals surface area contributed by atoms with Crippen LogP contribution in [0.2, 0.25) is 0 Å². The van der Waals surface area contributed by atoms with E-state index < -0.39 is 30.7 Å². The molecule has 23 heavy (non-hydrogen) atoms. The summed E-state index contributed by atoms with van der Waals surface area (Å²) in [5.74, 6) is -2.10. The van der Waals surface area contributed by atoms with Crippen LogP contribution < -0.4 is 5.32 Å². The zero-order valence-electron chi connectivity index (χ0n) is 12.6. The van der Waals surface area contributed by atoms with Crippen LogP contribution in [-0.2, 0) is 11.3 Å². The van der Waals surface area contributed by atoms with Crippen molar-refractivity contribution in [2.45, 2.75) is 30.6 Å². The summed E-state index contributed by atoms with van der Waals surface area (Å²) >= 11 is 0. The Hall–Kier alpha value is -1.54. The Bertz CT molecular complexity index is 679. The standard InChI is InChI=1S/C17H21NO5/c19-10-17(22)16(21)15(20)14(23-17)9-18-8-11-5-6-12-3-1-2-4-13(12)7-11/h1-7,14-16,18-22H,8-10H2/t14-,15+,16+,17?/m1/s1. The van der Waals surface area contributed by atoms with Gasteiger partial charge < -0.3 is 30.5 Å². The Morgan fingerprint density at radius 1 is 1.09 bits per heavy atom. The second-order valence-corrected chi connectivity index (χ2v) is 5.91. The van der Waals surface area contributed by atoms with Crippen molar-refractivity contribution in [3.05, 3.63) is 48.0 Å². The van der Waals surface area contributed by atoms with Crippen molar-refractivity contribution in [1.82, 2.24) is 5.32 Å². The van der Waals surface area contributed by atoms with E-state index in [4.69, 9.17) is 9.84 Å². The van der Waals surface area contributed by atoms with E-state index in [1.165, 1.54) is 5.39 Å². The van der Waals surface area contributed by atoms with Crippen LogP contribution in [0.1, 0.15) is 5.56 Å². The SMILES string of the molecule is OCC1(O)O[C@H](CNCc2ccc3ccccc3c2)[C@H](O)[C@@H]1O. The molecule has 4 atom stereocenters. The molecule has 2 aromatic carbocycles. The van der Waals surface area contributed by atoms with Crippen LogP contribution in [-0.4, -0.2) is 57.7 Å². The van der Waals surface area contributed by atoms with E-state index in [2.05, 4.69) is 11.4 Å². The van der Waals surface area contributed by atoms with Gasteiger partial charge in [-0.25, -0.2) is 0 Å². The highest BCUT2D eigenvalue weighted by Crippen LogP contribution is 2.28. The number of aliphatic hydroxyl groups excluding tert-OH is 3. The molecule has 124 valence electrons. The van der Waals surface area contributed by atoms with Crippen LogP contribution in [0.4, 0.5) is 0 Å². The largest absolute Gasteiger partial charge is 0.391 e. The Morgan fingerprint density at radius 2 is 1.83 bits per heavy atom. The van der Waals surface area contributed by atoms with Crippen molar-refractivity contribution >= 4 is 10.8 Å². The molecule has 6 nitrogen and oxygen atoms in total. The molecule has 2 aromatic rings. The molecule has 0 saturated carbocycles. The summed E-state index contributed by atoms with van der Waals surface area (Å²) in [7, 11) is 0. The smallest absolute Gasteiger partial charge is 0.219 e. The molecule has 0 aliphatic carbocycles. The minimum absolute atomic E-state index is 0.243. The van der Waals surface area contributed by atoms with Crippen molar-refractivity contribution in [2.75, 3.05) is 13.2 Å². The third-order valence-corrected chi connectivity index (χ3v) is 4.24. The fraction of sp³-hybridized carbons (Fsp3) is 0.412. The van der Waals surface area contributed by atoms with Gasteiger partial charge in [0.1, 0.15) is 18.3 Å². The van der Waals surface area contributed by atoms with E-state index in [0.29, 0.717) is 6.54 Å². The van der Waals surface area contributed by atoms with Gasteiger partial charge in [0.2, 0.25) is 5.79 Å². The summed E-state index contributed by atoms with van der Waals surface area (Å²) in [6.07, 6.45) is -3.57. The van der Waals surface area contributed by atoms with E-state index in [-0.39, 0.29) is 6.54 Å². The average Bonchev–Trinajstić information content (AvgIpc) is 2.79. The topological polar surface area (TPSA) is 102 Å². The average molecular weight is 319 g/mol. The molecule has 0 bridgehead atoms. The third-order valence-electron chi connectivity index (χ3n) is 4.24. The lowest BCUT2D eigenvalue weighted by molar-refractivity contribution is -0.245. The normalized spacial score (nSPS) is 30.9. The number of nitrogens with one attached hydrogen (secondary N) is 1. The van der Waals surface area contributed by atoms with Gasteiger partial charge in [0.05, 0.1) is 6.61 Å². The second kappa shape index (κ2) is 6.52. The maximum Gasteiger partial charge on any atom is 0.219 e. The van der Waals surface area contributed by atoms with Crippen molar-refractivity contribution in [2.24, 2.45) is 0 Å². The lowest BCUT2D eigenvalue weighted by Gasteiger charge is -2.22. The predicted octanol–water partition coefficient (Wildman–Crippen LogP) is -0.269. The van der Waals surface area contributed by atoms with E-state index in [1.807, 2.05) is 36.4 Å². The van der Waals surface area contributed by atoms with Gasteiger partial charge in [0.25, 0.3) is 0 Å². The molecule has 3 rings (SSSR count). The molecule has 1 heterocycles. The zero-order valence-corrected chi connectivity index (χ0v) is 12.6. The fourth-order valence-electron chi connectivity index (χ4n) is 2.87. The molecule has 6 heteroatoms. The summed E-state index contributed by atoms with van der Waals surface area (Å²) in [5, 5.41) is 43.9. The number of hydrogen-bond acceptors (Lipinski definition) is 6. The van der Waals surface area contributed by atoms with Gasteiger partial charge in [0.15, 0.2) is 0 Å². The Kier molecular flexibility index (Phi) is 4.63. The molecule has 0 amide bonds. The Balaban J connectivity index is 1.58. The lowest BCUT2D eigenvalue weighted by atomic mass is 10.1. The van der Waals surface area contributed by atoms with Gasteiger partial charge in [-0.2, -0.15) is 0 Å². The maximum atomic E-state index is 9.88. The first kappa shape index (κ1) is 16.3. The monoisotopic (exact) mass is 319 g/mol. The molecule has 0 radical (unpaired) electrons. The number of hydrogen-bond donors (Lipinski definition) is 5. The van der Waals surface area contributed by atoms with Gasteiger partial charge in [-0.3, -0.25) is 0 Å². The van der Waals surface area contributed by atoms with Crippen molar-refractivity contribution in [1.29, 1.82) is 0 Å². The highest BCUT2D eigenvalue weighted by Gasteiger charge is 2.52. The summed E-state index contributed by atoms with van der Waals surface area (Å²) in [6, 6.07) is 14.2. The van der Waals surface area contributed by atoms with E-state index in [0.717, 1.165) is 10.9 Å². The van der Waals surface area contributed by atoms with Crippen LogP contribution in [0, 0.1) is 0 Å². The van der Waals surface area contributed by atoms with E-state index >= 15 is 0 Å². The van der Waals surface area contributed by atoms with Crippen LogP contribution in [0.3, 0.4) is 0 Å². The first-order valence-electron chi connectivity index (χ1n) is 7.59. The van der Waals surface area contributed by atoms with Gasteiger partial charge in [-0.15, -0.1) is 0 Å². The van der Waals surface area contributed by atoms with Crippen molar-refractivity contribution in [3.63, 3.8) is 0 Å². The van der Waals surface area contributed by atoms with Crippen LogP contribution in [0.15, 0.2) is 42.5 Å². The zero-order chi connectivity index (χ0) is 16.4. The molecule has 0 spiro atoms. The molecule has 1 aliphatic rings. The van der Waals surface area contributed by atoms with E-state index in [1.54, 1.807) is 0 Å². The van der Waals surface area contributed by atoms with Crippen molar-refractivity contribution < 1.29 is 25.2 Å². The van der Waals surface area contributed by atoms with Crippen molar-refractivity contribution in [3.8, 4) is 0 Å². The number of rotatable bonds is 5. The lowest BCUT2D eigenvalue weighted by Crippen LogP contribution is -2.46. The summed E-state index contributed by atoms with van der Waals surface area (Å²) in [5.41, 5.74) is 1.08. The van der Waals surface area contributed by atoms with Crippen LogP contribution in [0.5, 0.6) is 0 Å². The number of benzene rings is 2. The molecule has 1 aliphatic heterocycles. The van der Waals surface area contributed by atoms with Crippen LogP contribution >= 0.6 is 0 Å². The molecule has 1 unspecified atom stereocenters. The number of aliphatic hydroxyl groups is 4. The number of fused-ring (bicyclic) bond motifs is 1. The first-order valence-corrected chi connectivity index (χ1v) is 7.59. The van der Waals surface area contributed by atoms with Gasteiger partial charge in [-0.1, -0.05) is 36.4 Å². The molecule has 0 aromatic heterocycles. The minimum atomic E-state index is -2.10. The van der Waals surface area contributed by atoms with Gasteiger partial charge in [0, 0.05) is 13.1 Å². The Morgan fingerprint density at radius 3 is 2.52 bits per heavy atom. The molecular weight excluding hydrogens is 298 g/mol. The highest BCUT2D eigenvalue weighted by molar-refractivity contribution is 5.82. The Labute approximate surface area is 134 Å². The summed E-state index contributed by atoms with van der Waals surface area (Å²) < 4.78 is 5.17. The fourth-order valence-corrected chi connectivity index (χ4v) is 2.87. The second-order valence-electron chi connectivity index (χ2n) is 5.91. The maximum absolute atomic E-state index is 9.88. The van der Waals surface area contributed by atoms with E-state index in [9.17, 15) is 15.3 Å². The highest BCUT2D eigenvalue weighted by atomic mass is 16.7. The number of ether oxygens (including phenoxy) is 1. The molecule has 5 N–H and O–H groups in total. The summed E-state index contributed by atoms with van der Waals surface area (Å²) in [4.78, 5) is 0. The quantitative estimate of drug-likeness (QED) is 0.520. The summed E-state index contributed by atoms with van der Waals surface area (Å²) in [6.45, 7) is 0.0326. The van der Waals surface area contributed by atoms with Crippen LogP contribution in [0.25, 0.3) is 10.8 Å². The molecule has 1 saturated heterocycles. The first-order chi connectivity index (χ1) is 11.0.